The molecule has 0 heterocycles. The van der Waals surface area contributed by atoms with Crippen molar-refractivity contribution >= 4 is 5.97 Å². The Morgan fingerprint density at radius 2 is 2.07 bits per heavy atom. The number of hydrogen-bond acceptors (Lipinski definition) is 2. The lowest BCUT2D eigenvalue weighted by molar-refractivity contribution is -0.141. The van der Waals surface area contributed by atoms with Crippen molar-refractivity contribution in [3.63, 3.8) is 0 Å². The van der Waals surface area contributed by atoms with Gasteiger partial charge in [0.25, 0.3) is 0 Å². The molecule has 0 saturated heterocycles. The number of esters is 1. The molecule has 0 aliphatic heterocycles. The molecule has 1 atom stereocenters. The Morgan fingerprint density at radius 1 is 1.40 bits per heavy atom. The van der Waals surface area contributed by atoms with Gasteiger partial charge in [-0.05, 0) is 31.9 Å². The van der Waals surface area contributed by atoms with Gasteiger partial charge < -0.3 is 4.74 Å². The van der Waals surface area contributed by atoms with Crippen LogP contribution in [0.4, 0.5) is 0 Å². The first-order valence-corrected chi connectivity index (χ1v) is 4.84. The highest BCUT2D eigenvalue weighted by Crippen LogP contribution is 2.20. The van der Waals surface area contributed by atoms with Gasteiger partial charge in [0.1, 0.15) is 6.10 Å². The summed E-state index contributed by atoms with van der Waals surface area (Å²) in [5.74, 6) is 4.39. The summed E-state index contributed by atoms with van der Waals surface area (Å²) in [5, 5.41) is 0. The zero-order valence-corrected chi connectivity index (χ0v) is 9.20. The summed E-state index contributed by atoms with van der Waals surface area (Å²) >= 11 is 0. The third-order valence-corrected chi connectivity index (χ3v) is 2.14. The molecule has 2 heteroatoms. The van der Waals surface area contributed by atoms with Crippen LogP contribution in [-0.4, -0.2) is 5.97 Å². The zero-order chi connectivity index (χ0) is 11.3. The van der Waals surface area contributed by atoms with Crippen molar-refractivity contribution in [2.24, 2.45) is 0 Å². The fourth-order valence-corrected chi connectivity index (χ4v) is 1.40. The minimum Gasteiger partial charge on any atom is -0.448 e. The molecule has 0 aromatic heterocycles. The van der Waals surface area contributed by atoms with Gasteiger partial charge in [-0.25, -0.2) is 4.79 Å². The molecule has 0 amide bonds. The highest BCUT2D eigenvalue weighted by atomic mass is 16.5. The third-order valence-electron chi connectivity index (χ3n) is 2.14. The molecule has 1 rings (SSSR count). The smallest absolute Gasteiger partial charge is 0.384 e. The van der Waals surface area contributed by atoms with Crippen molar-refractivity contribution in [1.82, 2.24) is 0 Å². The van der Waals surface area contributed by atoms with Crippen LogP contribution in [0, 0.1) is 18.8 Å². The lowest BCUT2D eigenvalue weighted by Crippen LogP contribution is -2.07. The monoisotopic (exact) mass is 202 g/mol. The summed E-state index contributed by atoms with van der Waals surface area (Å²) in [4.78, 5) is 11.1. The highest BCUT2D eigenvalue weighted by molar-refractivity contribution is 5.88. The van der Waals surface area contributed by atoms with E-state index in [-0.39, 0.29) is 6.10 Å². The van der Waals surface area contributed by atoms with E-state index in [9.17, 15) is 4.79 Å². The Labute approximate surface area is 90.3 Å². The second-order valence-electron chi connectivity index (χ2n) is 3.28. The van der Waals surface area contributed by atoms with Crippen molar-refractivity contribution in [3.05, 3.63) is 35.4 Å². The van der Waals surface area contributed by atoms with Gasteiger partial charge in [-0.15, -0.1) is 0 Å². The first-order chi connectivity index (χ1) is 7.15. The Bertz CT molecular complexity index is 410. The van der Waals surface area contributed by atoms with Gasteiger partial charge in [-0.2, -0.15) is 0 Å². The van der Waals surface area contributed by atoms with Crippen molar-refractivity contribution < 1.29 is 9.53 Å². The predicted octanol–water partition coefficient (Wildman–Crippen LogP) is 2.62. The molecule has 1 aromatic carbocycles. The molecule has 0 aliphatic rings. The molecule has 1 unspecified atom stereocenters. The third kappa shape index (κ3) is 3.14. The number of carbonyl (C=O) groups excluding carboxylic acids is 1. The van der Waals surface area contributed by atoms with E-state index in [0.717, 1.165) is 11.1 Å². The van der Waals surface area contributed by atoms with E-state index in [1.54, 1.807) is 6.92 Å². The van der Waals surface area contributed by atoms with Gasteiger partial charge in [-0.3, -0.25) is 0 Å². The molecule has 0 aliphatic carbocycles. The van der Waals surface area contributed by atoms with E-state index in [1.807, 2.05) is 38.1 Å². The number of aryl methyl sites for hydroxylation is 1. The van der Waals surface area contributed by atoms with Crippen LogP contribution in [0.5, 0.6) is 0 Å². The molecule has 0 spiro atoms. The van der Waals surface area contributed by atoms with Crippen LogP contribution < -0.4 is 0 Å². The first-order valence-electron chi connectivity index (χ1n) is 4.84. The molecular formula is C13H14O2. The Kier molecular flexibility index (Phi) is 3.93. The van der Waals surface area contributed by atoms with E-state index in [4.69, 9.17) is 4.74 Å². The Hall–Kier alpha value is -1.75. The van der Waals surface area contributed by atoms with Gasteiger partial charge in [0.15, 0.2) is 0 Å². The van der Waals surface area contributed by atoms with Crippen molar-refractivity contribution in [1.29, 1.82) is 0 Å². The van der Waals surface area contributed by atoms with Crippen molar-refractivity contribution in [3.8, 4) is 11.8 Å². The lowest BCUT2D eigenvalue weighted by Gasteiger charge is -2.13. The van der Waals surface area contributed by atoms with Crippen LogP contribution in [0.2, 0.25) is 0 Å². The molecule has 0 N–H and O–H groups in total. The minimum atomic E-state index is -0.478. The van der Waals surface area contributed by atoms with Gasteiger partial charge in [0, 0.05) is 5.92 Å². The maximum atomic E-state index is 11.1. The van der Waals surface area contributed by atoms with Crippen LogP contribution in [0.15, 0.2) is 24.3 Å². The minimum absolute atomic E-state index is 0.250. The normalized spacial score (nSPS) is 11.1. The molecule has 1 aromatic rings. The fourth-order valence-electron chi connectivity index (χ4n) is 1.40. The second-order valence-corrected chi connectivity index (χ2v) is 3.28. The van der Waals surface area contributed by atoms with Gasteiger partial charge in [-0.1, -0.05) is 30.2 Å². The second kappa shape index (κ2) is 5.21. The van der Waals surface area contributed by atoms with Crippen LogP contribution in [0.25, 0.3) is 0 Å². The average Bonchev–Trinajstić information content (AvgIpc) is 2.18. The molecular weight excluding hydrogens is 188 g/mol. The average molecular weight is 202 g/mol. The molecule has 0 saturated carbocycles. The van der Waals surface area contributed by atoms with Crippen LogP contribution in [0.1, 0.15) is 31.1 Å². The maximum Gasteiger partial charge on any atom is 0.384 e. The molecule has 78 valence electrons. The van der Waals surface area contributed by atoms with E-state index in [2.05, 4.69) is 11.8 Å². The van der Waals surface area contributed by atoms with Crippen LogP contribution in [-0.2, 0) is 9.53 Å². The summed E-state index contributed by atoms with van der Waals surface area (Å²) < 4.78 is 5.15. The Morgan fingerprint density at radius 3 is 2.67 bits per heavy atom. The van der Waals surface area contributed by atoms with Gasteiger partial charge in [0.2, 0.25) is 0 Å². The lowest BCUT2D eigenvalue weighted by atomic mass is 10.0. The Balaban J connectivity index is 2.76. The molecule has 0 fully saturated rings. The van der Waals surface area contributed by atoms with E-state index < -0.39 is 5.97 Å². The molecule has 15 heavy (non-hydrogen) atoms. The molecule has 0 bridgehead atoms. The quantitative estimate of drug-likeness (QED) is 0.418. The number of hydrogen-bond donors (Lipinski definition) is 0. The SMILES string of the molecule is CC#CC(=O)OC(C)c1ccccc1C. The predicted molar refractivity (Wildman–Crippen MR) is 59.1 cm³/mol. The van der Waals surface area contributed by atoms with Crippen molar-refractivity contribution in [2.75, 3.05) is 0 Å². The summed E-state index contributed by atoms with van der Waals surface area (Å²) in [5.41, 5.74) is 2.13. The number of ether oxygens (including phenoxy) is 1. The van der Waals surface area contributed by atoms with E-state index >= 15 is 0 Å². The summed E-state index contributed by atoms with van der Waals surface area (Å²) in [6, 6.07) is 7.83. The highest BCUT2D eigenvalue weighted by Gasteiger charge is 2.11. The summed E-state index contributed by atoms with van der Waals surface area (Å²) in [6.45, 7) is 5.45. The number of benzene rings is 1. The maximum absolute atomic E-state index is 11.1. The molecule has 0 radical (unpaired) electrons. The topological polar surface area (TPSA) is 26.3 Å². The molecule has 2 nitrogen and oxygen atoms in total. The summed E-state index contributed by atoms with van der Waals surface area (Å²) in [7, 11) is 0. The summed E-state index contributed by atoms with van der Waals surface area (Å²) in [6.07, 6.45) is -0.250. The zero-order valence-electron chi connectivity index (χ0n) is 9.20. The number of carbonyl (C=O) groups is 1. The standard InChI is InChI=1S/C13H14O2/c1-4-7-13(14)15-11(3)12-9-6-5-8-10(12)2/h5-6,8-9,11H,1-3H3. The van der Waals surface area contributed by atoms with Crippen molar-refractivity contribution in [2.45, 2.75) is 26.9 Å². The van der Waals surface area contributed by atoms with Crippen LogP contribution >= 0.6 is 0 Å². The van der Waals surface area contributed by atoms with E-state index in [1.165, 1.54) is 0 Å². The van der Waals surface area contributed by atoms with Crippen LogP contribution in [0.3, 0.4) is 0 Å². The largest absolute Gasteiger partial charge is 0.448 e. The van der Waals surface area contributed by atoms with Gasteiger partial charge in [0.05, 0.1) is 0 Å². The number of rotatable bonds is 2. The fraction of sp³-hybridized carbons (Fsp3) is 0.308. The van der Waals surface area contributed by atoms with E-state index in [0.29, 0.717) is 0 Å². The van der Waals surface area contributed by atoms with Gasteiger partial charge >= 0.3 is 5.97 Å². The first kappa shape index (κ1) is 11.3.